The van der Waals surface area contributed by atoms with E-state index in [4.69, 9.17) is 0 Å². The third-order valence-electron chi connectivity index (χ3n) is 2.33. The molecule has 0 spiro atoms. The molecule has 0 radical (unpaired) electrons. The molecule has 20 heavy (non-hydrogen) atoms. The molecule has 2 rings (SSSR count). The highest BCUT2D eigenvalue weighted by molar-refractivity contribution is 5.73. The Labute approximate surface area is 107 Å². The first-order chi connectivity index (χ1) is 9.49. The van der Waals surface area contributed by atoms with Crippen LogP contribution in [0.3, 0.4) is 0 Å². The number of carbonyl (C=O) groups excluding carboxylic acids is 1. The molecule has 2 aromatic rings. The molecule has 108 valence electrons. The number of rotatable bonds is 4. The predicted octanol–water partition coefficient (Wildman–Crippen LogP) is -4.04. The maximum Gasteiger partial charge on any atom is 0.345 e. The Morgan fingerprint density at radius 3 is 1.35 bits per heavy atom. The molecule has 13 nitrogen and oxygen atoms in total. The van der Waals surface area contributed by atoms with Gasteiger partial charge in [-0.05, 0) is 0 Å². The summed E-state index contributed by atoms with van der Waals surface area (Å²) in [5, 5.41) is 12.5. The van der Waals surface area contributed by atoms with Gasteiger partial charge in [-0.25, -0.2) is 53.5 Å². The number of nitrogens with zero attached hydrogens (tertiary/aromatic N) is 2. The third kappa shape index (κ3) is 2.60. The first-order valence-electron chi connectivity index (χ1n) is 5.25. The summed E-state index contributed by atoms with van der Waals surface area (Å²) >= 11 is 0. The number of H-pyrrole nitrogens is 4. The van der Waals surface area contributed by atoms with Gasteiger partial charge in [0, 0.05) is 0 Å². The van der Waals surface area contributed by atoms with Crippen LogP contribution < -0.4 is 33.4 Å². The minimum atomic E-state index is -0.773. The Morgan fingerprint density at radius 2 is 1.05 bits per heavy atom. The highest BCUT2D eigenvalue weighted by Gasteiger charge is 2.07. The van der Waals surface area contributed by atoms with E-state index in [1.807, 2.05) is 20.4 Å². The average Bonchev–Trinajstić information content (AvgIpc) is 2.89. The van der Waals surface area contributed by atoms with Crippen LogP contribution in [0.1, 0.15) is 0 Å². The average molecular weight is 286 g/mol. The van der Waals surface area contributed by atoms with Crippen molar-refractivity contribution in [2.24, 2.45) is 0 Å². The fourth-order valence-corrected chi connectivity index (χ4v) is 1.32. The van der Waals surface area contributed by atoms with Crippen LogP contribution in [0.4, 0.5) is 4.79 Å². The number of amides is 2. The SMILES string of the molecule is O=C(NCn1c(=O)[nH][nH]c1=O)NCn1c(=O)[nH][nH]c1=O. The van der Waals surface area contributed by atoms with Crippen LogP contribution in [0.15, 0.2) is 19.2 Å². The number of aromatic nitrogens is 6. The fraction of sp³-hybridized carbons (Fsp3) is 0.286. The van der Waals surface area contributed by atoms with Gasteiger partial charge >= 0.3 is 28.8 Å². The molecule has 0 saturated heterocycles. The monoisotopic (exact) mass is 286 g/mol. The molecule has 0 aliphatic heterocycles. The summed E-state index contributed by atoms with van der Waals surface area (Å²) in [6.45, 7) is -0.746. The largest absolute Gasteiger partial charge is 0.345 e. The second-order valence-electron chi connectivity index (χ2n) is 3.58. The van der Waals surface area contributed by atoms with Crippen molar-refractivity contribution in [3.63, 3.8) is 0 Å². The van der Waals surface area contributed by atoms with Crippen molar-refractivity contribution < 1.29 is 4.79 Å². The molecule has 0 aromatic carbocycles. The summed E-state index contributed by atoms with van der Waals surface area (Å²) in [6, 6.07) is -0.773. The Hall–Kier alpha value is -3.25. The van der Waals surface area contributed by atoms with Crippen molar-refractivity contribution in [3.05, 3.63) is 41.9 Å². The van der Waals surface area contributed by atoms with Crippen LogP contribution in [0.5, 0.6) is 0 Å². The number of nitrogens with one attached hydrogen (secondary N) is 6. The van der Waals surface area contributed by atoms with Crippen LogP contribution in [0, 0.1) is 0 Å². The van der Waals surface area contributed by atoms with Crippen molar-refractivity contribution >= 4 is 6.03 Å². The van der Waals surface area contributed by atoms with E-state index in [-0.39, 0.29) is 13.3 Å². The van der Waals surface area contributed by atoms with Crippen LogP contribution in [0.2, 0.25) is 0 Å². The van der Waals surface area contributed by atoms with Crippen LogP contribution >= 0.6 is 0 Å². The summed E-state index contributed by atoms with van der Waals surface area (Å²) in [6.07, 6.45) is 0. The van der Waals surface area contributed by atoms with Crippen molar-refractivity contribution in [2.45, 2.75) is 13.3 Å². The molecule has 13 heteroatoms. The molecule has 0 atom stereocenters. The molecule has 2 aromatic heterocycles. The molecule has 0 aliphatic rings. The van der Waals surface area contributed by atoms with Gasteiger partial charge in [-0.2, -0.15) is 0 Å². The van der Waals surface area contributed by atoms with E-state index in [0.717, 1.165) is 0 Å². The van der Waals surface area contributed by atoms with E-state index in [1.165, 1.54) is 0 Å². The molecule has 0 unspecified atom stereocenters. The van der Waals surface area contributed by atoms with Gasteiger partial charge in [0.1, 0.15) is 13.3 Å². The first kappa shape index (κ1) is 13.2. The van der Waals surface area contributed by atoms with E-state index in [0.29, 0.717) is 9.13 Å². The van der Waals surface area contributed by atoms with Gasteiger partial charge < -0.3 is 10.6 Å². The number of hydrogen-bond acceptors (Lipinski definition) is 5. The number of urea groups is 1. The zero-order valence-corrected chi connectivity index (χ0v) is 9.85. The highest BCUT2D eigenvalue weighted by Crippen LogP contribution is 1.70. The lowest BCUT2D eigenvalue weighted by atomic mass is 10.8. The first-order valence-corrected chi connectivity index (χ1v) is 5.25. The number of aromatic amines is 4. The van der Waals surface area contributed by atoms with Crippen molar-refractivity contribution in [1.82, 2.24) is 40.2 Å². The Balaban J connectivity index is 1.91. The normalized spacial score (nSPS) is 10.4. The Kier molecular flexibility index (Phi) is 3.41. The van der Waals surface area contributed by atoms with E-state index in [1.54, 1.807) is 0 Å². The Morgan fingerprint density at radius 1 is 0.750 bits per heavy atom. The summed E-state index contributed by atoms with van der Waals surface area (Å²) in [4.78, 5) is 55.8. The van der Waals surface area contributed by atoms with Gasteiger partial charge in [-0.3, -0.25) is 0 Å². The molecule has 0 aliphatic carbocycles. The van der Waals surface area contributed by atoms with Gasteiger partial charge in [-0.1, -0.05) is 0 Å². The van der Waals surface area contributed by atoms with Gasteiger partial charge in [0.25, 0.3) is 0 Å². The molecule has 2 heterocycles. The molecule has 0 saturated carbocycles. The minimum Gasteiger partial charge on any atom is -0.320 e. The molecular formula is C7H10N8O5. The van der Waals surface area contributed by atoms with E-state index < -0.39 is 28.8 Å². The maximum atomic E-state index is 11.4. The molecule has 0 fully saturated rings. The lowest BCUT2D eigenvalue weighted by Gasteiger charge is -2.06. The standard InChI is InChI=1S/C7H10N8O5/c16-3(8-1-14-4(17)10-11-5(14)18)9-2-15-6(19)12-13-7(15)20/h1-2H2,(H,10,17)(H,11,18)(H,12,19)(H,13,20)(H2,8,9,16). The minimum absolute atomic E-state index is 0.373. The van der Waals surface area contributed by atoms with E-state index in [9.17, 15) is 24.0 Å². The lowest BCUT2D eigenvalue weighted by Crippen LogP contribution is -2.44. The van der Waals surface area contributed by atoms with Crippen molar-refractivity contribution in [3.8, 4) is 0 Å². The smallest absolute Gasteiger partial charge is 0.320 e. The van der Waals surface area contributed by atoms with Gasteiger partial charge in [0.15, 0.2) is 0 Å². The Bertz CT molecular complexity index is 703. The topological polar surface area (TPSA) is 182 Å². The van der Waals surface area contributed by atoms with Crippen LogP contribution in [-0.4, -0.2) is 35.6 Å². The predicted molar refractivity (Wildman–Crippen MR) is 63.0 cm³/mol. The zero-order valence-electron chi connectivity index (χ0n) is 9.85. The van der Waals surface area contributed by atoms with Gasteiger partial charge in [0.2, 0.25) is 0 Å². The van der Waals surface area contributed by atoms with E-state index >= 15 is 0 Å². The summed E-state index contributed by atoms with van der Waals surface area (Å²) in [5.41, 5.74) is -2.86. The highest BCUT2D eigenvalue weighted by atomic mass is 16.2. The number of hydrogen-bond donors (Lipinski definition) is 6. The molecular weight excluding hydrogens is 276 g/mol. The third-order valence-corrected chi connectivity index (χ3v) is 2.33. The van der Waals surface area contributed by atoms with E-state index in [2.05, 4.69) is 10.6 Å². The second kappa shape index (κ2) is 5.17. The van der Waals surface area contributed by atoms with Gasteiger partial charge in [-0.15, -0.1) is 0 Å². The lowest BCUT2D eigenvalue weighted by molar-refractivity contribution is 0.235. The molecule has 6 N–H and O–H groups in total. The number of carbonyl (C=O) groups is 1. The second-order valence-corrected chi connectivity index (χ2v) is 3.58. The summed E-state index contributed by atoms with van der Waals surface area (Å²) in [7, 11) is 0. The quantitative estimate of drug-likeness (QED) is 0.334. The molecule has 0 bridgehead atoms. The van der Waals surface area contributed by atoms with Gasteiger partial charge in [0.05, 0.1) is 0 Å². The zero-order chi connectivity index (χ0) is 14.7. The molecule has 2 amide bonds. The maximum absolute atomic E-state index is 11.4. The van der Waals surface area contributed by atoms with Crippen molar-refractivity contribution in [2.75, 3.05) is 0 Å². The van der Waals surface area contributed by atoms with Crippen LogP contribution in [0.25, 0.3) is 0 Å². The summed E-state index contributed by atoms with van der Waals surface area (Å²) < 4.78 is 1.41. The van der Waals surface area contributed by atoms with Crippen molar-refractivity contribution in [1.29, 1.82) is 0 Å². The van der Waals surface area contributed by atoms with Crippen LogP contribution in [-0.2, 0) is 13.3 Å². The summed E-state index contributed by atoms with van der Waals surface area (Å²) in [5.74, 6) is 0. The fourth-order valence-electron chi connectivity index (χ4n) is 1.32.